The van der Waals surface area contributed by atoms with Crippen molar-refractivity contribution in [3.05, 3.63) is 42.7 Å². The highest BCUT2D eigenvalue weighted by Gasteiger charge is 2.23. The highest BCUT2D eigenvalue weighted by atomic mass is 16.5. The summed E-state index contributed by atoms with van der Waals surface area (Å²) >= 11 is 0. The van der Waals surface area contributed by atoms with E-state index in [0.717, 1.165) is 30.1 Å². The van der Waals surface area contributed by atoms with Crippen molar-refractivity contribution in [2.24, 2.45) is 0 Å². The van der Waals surface area contributed by atoms with Gasteiger partial charge in [0.2, 0.25) is 0 Å². The molecule has 0 saturated carbocycles. The molecule has 0 bridgehead atoms. The molecule has 1 aromatic carbocycles. The normalized spacial score (nSPS) is 18.2. The van der Waals surface area contributed by atoms with Gasteiger partial charge < -0.3 is 9.26 Å². The second-order valence-corrected chi connectivity index (χ2v) is 4.93. The number of nitrogens with zero attached hydrogens (tertiary/aromatic N) is 5. The van der Waals surface area contributed by atoms with Gasteiger partial charge in [0, 0.05) is 23.8 Å². The van der Waals surface area contributed by atoms with Crippen molar-refractivity contribution in [1.29, 1.82) is 0 Å². The van der Waals surface area contributed by atoms with Crippen molar-refractivity contribution in [3.8, 4) is 17.1 Å². The topological polar surface area (TPSA) is 78.9 Å². The van der Waals surface area contributed by atoms with E-state index in [9.17, 15) is 0 Å². The lowest BCUT2D eigenvalue weighted by Crippen LogP contribution is -1.99. The fraction of sp³-hybridized carbons (Fsp3) is 0.286. The van der Waals surface area contributed by atoms with Crippen molar-refractivity contribution in [2.75, 3.05) is 13.2 Å². The molecule has 0 aliphatic carbocycles. The van der Waals surface area contributed by atoms with Crippen molar-refractivity contribution >= 4 is 0 Å². The number of aromatic nitrogens is 5. The molecule has 106 valence electrons. The third-order valence-electron chi connectivity index (χ3n) is 3.57. The summed E-state index contributed by atoms with van der Waals surface area (Å²) < 4.78 is 12.5. The summed E-state index contributed by atoms with van der Waals surface area (Å²) in [7, 11) is 0. The van der Waals surface area contributed by atoms with Crippen LogP contribution in [0, 0.1) is 0 Å². The molecule has 1 aliphatic heterocycles. The van der Waals surface area contributed by atoms with Gasteiger partial charge in [-0.1, -0.05) is 5.16 Å². The first-order valence-electron chi connectivity index (χ1n) is 6.77. The van der Waals surface area contributed by atoms with E-state index < -0.39 is 0 Å². The predicted octanol–water partition coefficient (Wildman–Crippen LogP) is 1.82. The van der Waals surface area contributed by atoms with Gasteiger partial charge in [-0.05, 0) is 30.7 Å². The minimum absolute atomic E-state index is 0.249. The first kappa shape index (κ1) is 12.2. The zero-order valence-corrected chi connectivity index (χ0v) is 11.2. The summed E-state index contributed by atoms with van der Waals surface area (Å²) in [5, 5.41) is 11.6. The average molecular weight is 283 g/mol. The van der Waals surface area contributed by atoms with Crippen molar-refractivity contribution in [3.63, 3.8) is 0 Å². The maximum absolute atomic E-state index is 5.35. The Morgan fingerprint density at radius 2 is 1.90 bits per heavy atom. The molecule has 1 saturated heterocycles. The molecule has 21 heavy (non-hydrogen) atoms. The average Bonchev–Trinajstić information content (AvgIpc) is 3.27. The molecular weight excluding hydrogens is 270 g/mol. The molecule has 1 aliphatic rings. The van der Waals surface area contributed by atoms with E-state index in [1.807, 2.05) is 28.8 Å². The summed E-state index contributed by atoms with van der Waals surface area (Å²) in [6.07, 6.45) is 4.26. The third kappa shape index (κ3) is 2.31. The largest absolute Gasteiger partial charge is 0.381 e. The van der Waals surface area contributed by atoms with Crippen LogP contribution in [0.15, 0.2) is 41.4 Å². The Bertz CT molecular complexity index is 714. The third-order valence-corrected chi connectivity index (χ3v) is 3.57. The molecule has 3 aromatic rings. The Morgan fingerprint density at radius 1 is 1.10 bits per heavy atom. The number of benzene rings is 1. The Hall–Kier alpha value is -2.54. The van der Waals surface area contributed by atoms with Crippen LogP contribution in [-0.4, -0.2) is 38.1 Å². The van der Waals surface area contributed by atoms with Crippen LogP contribution < -0.4 is 0 Å². The van der Waals surface area contributed by atoms with Gasteiger partial charge in [0.25, 0.3) is 5.89 Å². The maximum Gasteiger partial charge on any atom is 0.257 e. The van der Waals surface area contributed by atoms with E-state index in [2.05, 4.69) is 20.3 Å². The van der Waals surface area contributed by atoms with E-state index in [1.165, 1.54) is 0 Å². The molecule has 0 radical (unpaired) electrons. The molecular formula is C14H13N5O2. The Balaban J connectivity index is 1.58. The molecule has 4 rings (SSSR count). The molecule has 0 N–H and O–H groups in total. The van der Waals surface area contributed by atoms with Gasteiger partial charge in [-0.25, -0.2) is 0 Å². The standard InChI is InChI=1S/C14H13N5O2/c1-3-12(19-8-15-16-9-19)4-2-10(1)14-17-13(18-21-14)11-5-6-20-7-11/h1-4,8-9,11H,5-7H2. The second-order valence-electron chi connectivity index (χ2n) is 4.93. The van der Waals surface area contributed by atoms with Crippen LogP contribution in [-0.2, 0) is 4.74 Å². The van der Waals surface area contributed by atoms with Gasteiger partial charge in [0.15, 0.2) is 5.82 Å². The molecule has 7 nitrogen and oxygen atoms in total. The van der Waals surface area contributed by atoms with Gasteiger partial charge in [0.1, 0.15) is 12.7 Å². The zero-order valence-electron chi connectivity index (χ0n) is 11.2. The van der Waals surface area contributed by atoms with Crippen molar-refractivity contribution < 1.29 is 9.26 Å². The predicted molar refractivity (Wildman–Crippen MR) is 72.8 cm³/mol. The fourth-order valence-corrected chi connectivity index (χ4v) is 2.37. The molecule has 0 spiro atoms. The van der Waals surface area contributed by atoms with Crippen LogP contribution in [0.25, 0.3) is 17.1 Å². The van der Waals surface area contributed by atoms with E-state index in [0.29, 0.717) is 12.5 Å². The first-order chi connectivity index (χ1) is 10.4. The van der Waals surface area contributed by atoms with Crippen LogP contribution in [0.3, 0.4) is 0 Å². The number of ether oxygens (including phenoxy) is 1. The number of hydrogen-bond acceptors (Lipinski definition) is 6. The Morgan fingerprint density at radius 3 is 2.62 bits per heavy atom. The lowest BCUT2D eigenvalue weighted by molar-refractivity contribution is 0.192. The molecule has 7 heteroatoms. The second kappa shape index (κ2) is 5.10. The molecule has 2 aromatic heterocycles. The monoisotopic (exact) mass is 283 g/mol. The fourth-order valence-electron chi connectivity index (χ4n) is 2.37. The number of hydrogen-bond donors (Lipinski definition) is 0. The van der Waals surface area contributed by atoms with Gasteiger partial charge >= 0.3 is 0 Å². The Labute approximate surface area is 120 Å². The lowest BCUT2D eigenvalue weighted by atomic mass is 10.1. The zero-order chi connectivity index (χ0) is 14.1. The van der Waals surface area contributed by atoms with Gasteiger partial charge in [-0.2, -0.15) is 4.98 Å². The highest BCUT2D eigenvalue weighted by Crippen LogP contribution is 2.26. The smallest absolute Gasteiger partial charge is 0.257 e. The van der Waals surface area contributed by atoms with Crippen LogP contribution in [0.4, 0.5) is 0 Å². The molecule has 3 heterocycles. The summed E-state index contributed by atoms with van der Waals surface area (Å²) in [6.45, 7) is 1.44. The van der Waals surface area contributed by atoms with Gasteiger partial charge in [0.05, 0.1) is 6.61 Å². The van der Waals surface area contributed by atoms with E-state index >= 15 is 0 Å². The molecule has 0 amide bonds. The summed E-state index contributed by atoms with van der Waals surface area (Å²) in [5.41, 5.74) is 1.87. The van der Waals surface area contributed by atoms with Gasteiger partial charge in [-0.15, -0.1) is 10.2 Å². The van der Waals surface area contributed by atoms with Crippen LogP contribution in [0.1, 0.15) is 18.2 Å². The Kier molecular flexibility index (Phi) is 2.97. The molecule has 1 fully saturated rings. The summed E-state index contributed by atoms with van der Waals surface area (Å²) in [6, 6.07) is 7.80. The van der Waals surface area contributed by atoms with Crippen molar-refractivity contribution in [1.82, 2.24) is 24.9 Å². The quantitative estimate of drug-likeness (QED) is 0.729. The highest BCUT2D eigenvalue weighted by molar-refractivity contribution is 5.55. The van der Waals surface area contributed by atoms with E-state index in [1.54, 1.807) is 12.7 Å². The molecule has 1 unspecified atom stereocenters. The SMILES string of the molecule is c1cc(-n2cnnc2)ccc1-c1nc(C2CCOC2)no1. The van der Waals surface area contributed by atoms with Crippen LogP contribution in [0.5, 0.6) is 0 Å². The van der Waals surface area contributed by atoms with Gasteiger partial charge in [-0.3, -0.25) is 4.57 Å². The van der Waals surface area contributed by atoms with Crippen LogP contribution >= 0.6 is 0 Å². The minimum atomic E-state index is 0.249. The van der Waals surface area contributed by atoms with Crippen molar-refractivity contribution in [2.45, 2.75) is 12.3 Å². The minimum Gasteiger partial charge on any atom is -0.381 e. The number of rotatable bonds is 3. The van der Waals surface area contributed by atoms with Crippen LogP contribution in [0.2, 0.25) is 0 Å². The maximum atomic E-state index is 5.35. The summed E-state index contributed by atoms with van der Waals surface area (Å²) in [4.78, 5) is 4.47. The first-order valence-corrected chi connectivity index (χ1v) is 6.77. The summed E-state index contributed by atoms with van der Waals surface area (Å²) in [5.74, 6) is 1.51. The van der Waals surface area contributed by atoms with E-state index in [-0.39, 0.29) is 5.92 Å². The molecule has 1 atom stereocenters. The van der Waals surface area contributed by atoms with E-state index in [4.69, 9.17) is 9.26 Å². The lowest BCUT2D eigenvalue weighted by Gasteiger charge is -2.01.